The van der Waals surface area contributed by atoms with Gasteiger partial charge in [0.15, 0.2) is 5.76 Å². The van der Waals surface area contributed by atoms with Gasteiger partial charge in [0.1, 0.15) is 12.2 Å². The van der Waals surface area contributed by atoms with Crippen LogP contribution in [0.25, 0.3) is 22.5 Å². The Kier molecular flexibility index (Phi) is 4.00. The fourth-order valence-electron chi connectivity index (χ4n) is 2.69. The van der Waals surface area contributed by atoms with E-state index in [-0.39, 0.29) is 12.5 Å². The van der Waals surface area contributed by atoms with E-state index in [4.69, 9.17) is 4.42 Å². The minimum Gasteiger partial charge on any atom is -0.463 e. The molecule has 0 fully saturated rings. The maximum Gasteiger partial charge on any atom is 0.240 e. The number of carbonyl (C=O) groups excluding carboxylic acids is 1. The minimum absolute atomic E-state index is 0.0699. The van der Waals surface area contributed by atoms with E-state index < -0.39 is 0 Å². The highest BCUT2D eigenvalue weighted by molar-refractivity contribution is 5.80. The fourth-order valence-corrected chi connectivity index (χ4v) is 2.69. The average Bonchev–Trinajstić information content (AvgIpc) is 3.31. The molecule has 0 aliphatic carbocycles. The SMILES string of the molecule is O=C(Cn1cnc2ccccc21)NCc1ccnc(-c2ccco2)c1. The Balaban J connectivity index is 1.41. The molecule has 0 saturated heterocycles. The normalized spacial score (nSPS) is 10.9. The molecule has 1 aromatic carbocycles. The van der Waals surface area contributed by atoms with E-state index in [1.54, 1.807) is 18.8 Å². The van der Waals surface area contributed by atoms with Gasteiger partial charge >= 0.3 is 0 Å². The lowest BCUT2D eigenvalue weighted by atomic mass is 10.2. The Morgan fingerprint density at radius 2 is 2.04 bits per heavy atom. The molecule has 6 heteroatoms. The smallest absolute Gasteiger partial charge is 0.240 e. The summed E-state index contributed by atoms with van der Waals surface area (Å²) in [4.78, 5) is 20.8. The Morgan fingerprint density at radius 3 is 2.92 bits per heavy atom. The summed E-state index contributed by atoms with van der Waals surface area (Å²) in [6, 6.07) is 15.2. The number of nitrogens with one attached hydrogen (secondary N) is 1. The van der Waals surface area contributed by atoms with Crippen LogP contribution in [0.3, 0.4) is 0 Å². The molecule has 0 atom stereocenters. The van der Waals surface area contributed by atoms with Crippen molar-refractivity contribution in [1.82, 2.24) is 19.9 Å². The number of pyridine rings is 1. The zero-order valence-electron chi connectivity index (χ0n) is 13.4. The van der Waals surface area contributed by atoms with E-state index >= 15 is 0 Å². The van der Waals surface area contributed by atoms with Gasteiger partial charge in [-0.3, -0.25) is 9.78 Å². The van der Waals surface area contributed by atoms with Gasteiger partial charge in [-0.15, -0.1) is 0 Å². The molecule has 3 aromatic heterocycles. The molecule has 124 valence electrons. The van der Waals surface area contributed by atoms with E-state index in [0.717, 1.165) is 22.3 Å². The number of imidazole rings is 1. The molecule has 0 aliphatic rings. The van der Waals surface area contributed by atoms with Crippen LogP contribution in [0.15, 0.2) is 71.7 Å². The molecule has 0 radical (unpaired) electrons. The topological polar surface area (TPSA) is 73.0 Å². The quantitative estimate of drug-likeness (QED) is 0.610. The number of aromatic nitrogens is 3. The zero-order valence-corrected chi connectivity index (χ0v) is 13.4. The van der Waals surface area contributed by atoms with Gasteiger partial charge in [-0.05, 0) is 42.0 Å². The van der Waals surface area contributed by atoms with Gasteiger partial charge in [0, 0.05) is 12.7 Å². The molecule has 3 heterocycles. The van der Waals surface area contributed by atoms with Crippen molar-refractivity contribution < 1.29 is 9.21 Å². The summed E-state index contributed by atoms with van der Waals surface area (Å²) in [6.07, 6.45) is 5.01. The summed E-state index contributed by atoms with van der Waals surface area (Å²) >= 11 is 0. The minimum atomic E-state index is -0.0699. The van der Waals surface area contributed by atoms with Crippen LogP contribution in [-0.4, -0.2) is 20.4 Å². The number of fused-ring (bicyclic) bond motifs is 1. The standard InChI is InChI=1S/C19H16N4O2/c24-19(12-23-13-22-15-4-1-2-5-17(15)23)21-11-14-7-8-20-16(10-14)18-6-3-9-25-18/h1-10,13H,11-12H2,(H,21,24). The highest BCUT2D eigenvalue weighted by Crippen LogP contribution is 2.18. The molecule has 0 aliphatic heterocycles. The van der Waals surface area contributed by atoms with Crippen molar-refractivity contribution in [1.29, 1.82) is 0 Å². The largest absolute Gasteiger partial charge is 0.463 e. The molecule has 0 spiro atoms. The first-order valence-corrected chi connectivity index (χ1v) is 7.95. The number of benzene rings is 1. The molecule has 0 unspecified atom stereocenters. The number of hydrogen-bond acceptors (Lipinski definition) is 4. The summed E-state index contributed by atoms with van der Waals surface area (Å²) in [5.41, 5.74) is 3.54. The first-order chi connectivity index (χ1) is 12.3. The number of amides is 1. The fraction of sp³-hybridized carbons (Fsp3) is 0.105. The van der Waals surface area contributed by atoms with Gasteiger partial charge in [0.05, 0.1) is 23.6 Å². The molecular weight excluding hydrogens is 316 g/mol. The van der Waals surface area contributed by atoms with E-state index in [1.807, 2.05) is 53.1 Å². The van der Waals surface area contributed by atoms with Crippen molar-refractivity contribution in [3.63, 3.8) is 0 Å². The van der Waals surface area contributed by atoms with Crippen LogP contribution in [0.1, 0.15) is 5.56 Å². The van der Waals surface area contributed by atoms with E-state index in [0.29, 0.717) is 12.3 Å². The number of rotatable bonds is 5. The summed E-state index contributed by atoms with van der Waals surface area (Å²) < 4.78 is 7.19. The maximum absolute atomic E-state index is 12.2. The summed E-state index contributed by atoms with van der Waals surface area (Å²) in [5.74, 6) is 0.637. The van der Waals surface area contributed by atoms with Gasteiger partial charge in [-0.1, -0.05) is 12.1 Å². The first kappa shape index (κ1) is 15.1. The number of carbonyl (C=O) groups is 1. The van der Waals surface area contributed by atoms with Crippen molar-refractivity contribution in [3.05, 3.63) is 72.9 Å². The second kappa shape index (κ2) is 6.60. The van der Waals surface area contributed by atoms with Crippen LogP contribution in [0.5, 0.6) is 0 Å². The van der Waals surface area contributed by atoms with E-state index in [9.17, 15) is 4.79 Å². The number of hydrogen-bond donors (Lipinski definition) is 1. The predicted octanol–water partition coefficient (Wildman–Crippen LogP) is 3.01. The first-order valence-electron chi connectivity index (χ1n) is 7.95. The Hall–Kier alpha value is -3.41. The molecule has 25 heavy (non-hydrogen) atoms. The highest BCUT2D eigenvalue weighted by atomic mass is 16.3. The van der Waals surface area contributed by atoms with Gasteiger partial charge in [-0.25, -0.2) is 4.98 Å². The highest BCUT2D eigenvalue weighted by Gasteiger charge is 2.08. The van der Waals surface area contributed by atoms with Gasteiger partial charge < -0.3 is 14.3 Å². The molecule has 0 bridgehead atoms. The monoisotopic (exact) mass is 332 g/mol. The van der Waals surface area contributed by atoms with Crippen molar-refractivity contribution >= 4 is 16.9 Å². The van der Waals surface area contributed by atoms with Crippen LogP contribution in [-0.2, 0) is 17.9 Å². The number of furan rings is 1. The van der Waals surface area contributed by atoms with E-state index in [1.165, 1.54) is 0 Å². The molecule has 4 aromatic rings. The van der Waals surface area contributed by atoms with Crippen molar-refractivity contribution in [2.75, 3.05) is 0 Å². The molecule has 1 amide bonds. The molecule has 0 saturated carbocycles. The molecule has 1 N–H and O–H groups in total. The van der Waals surface area contributed by atoms with Crippen LogP contribution < -0.4 is 5.32 Å². The summed E-state index contributed by atoms with van der Waals surface area (Å²) in [6.45, 7) is 0.665. The van der Waals surface area contributed by atoms with Gasteiger partial charge in [0.2, 0.25) is 5.91 Å². The lowest BCUT2D eigenvalue weighted by Gasteiger charge is -2.07. The van der Waals surface area contributed by atoms with Crippen LogP contribution in [0.4, 0.5) is 0 Å². The Labute approximate surface area is 144 Å². The third-order valence-electron chi connectivity index (χ3n) is 3.93. The second-order valence-corrected chi connectivity index (χ2v) is 5.66. The summed E-state index contributed by atoms with van der Waals surface area (Å²) in [5, 5.41) is 2.93. The van der Waals surface area contributed by atoms with Crippen molar-refractivity contribution in [2.24, 2.45) is 0 Å². The van der Waals surface area contributed by atoms with Crippen molar-refractivity contribution in [2.45, 2.75) is 13.1 Å². The molecular formula is C19H16N4O2. The summed E-state index contributed by atoms with van der Waals surface area (Å²) in [7, 11) is 0. The third kappa shape index (κ3) is 3.28. The van der Waals surface area contributed by atoms with E-state index in [2.05, 4.69) is 15.3 Å². The number of nitrogens with zero attached hydrogens (tertiary/aromatic N) is 3. The lowest BCUT2D eigenvalue weighted by Crippen LogP contribution is -2.26. The third-order valence-corrected chi connectivity index (χ3v) is 3.93. The van der Waals surface area contributed by atoms with Crippen LogP contribution >= 0.6 is 0 Å². The van der Waals surface area contributed by atoms with Gasteiger partial charge in [-0.2, -0.15) is 0 Å². The molecule has 4 rings (SSSR count). The Bertz CT molecular complexity index is 1010. The van der Waals surface area contributed by atoms with Crippen LogP contribution in [0, 0.1) is 0 Å². The van der Waals surface area contributed by atoms with Crippen LogP contribution in [0.2, 0.25) is 0 Å². The second-order valence-electron chi connectivity index (χ2n) is 5.66. The lowest BCUT2D eigenvalue weighted by molar-refractivity contribution is -0.121. The average molecular weight is 332 g/mol. The van der Waals surface area contributed by atoms with Crippen molar-refractivity contribution in [3.8, 4) is 11.5 Å². The van der Waals surface area contributed by atoms with Gasteiger partial charge in [0.25, 0.3) is 0 Å². The number of para-hydroxylation sites is 2. The zero-order chi connectivity index (χ0) is 17.1. The Morgan fingerprint density at radius 1 is 1.12 bits per heavy atom. The predicted molar refractivity (Wildman–Crippen MR) is 93.5 cm³/mol. The molecule has 6 nitrogen and oxygen atoms in total. The maximum atomic E-state index is 12.2.